The number of carbonyl (C=O) groups excluding carboxylic acids is 1. The van der Waals surface area contributed by atoms with Gasteiger partial charge in [-0.2, -0.15) is 0 Å². The van der Waals surface area contributed by atoms with Gasteiger partial charge in [0.05, 0.1) is 6.04 Å². The smallest absolute Gasteiger partial charge is 0.220 e. The van der Waals surface area contributed by atoms with Crippen LogP contribution in [0.15, 0.2) is 18.2 Å². The van der Waals surface area contributed by atoms with E-state index in [4.69, 9.17) is 9.47 Å². The van der Waals surface area contributed by atoms with Gasteiger partial charge in [0.15, 0.2) is 11.5 Å². The molecule has 0 radical (unpaired) electrons. The number of hydrogen-bond donors (Lipinski definition) is 2. The molecule has 1 fully saturated rings. The second kappa shape index (κ2) is 11.6. The van der Waals surface area contributed by atoms with Crippen LogP contribution in [0.3, 0.4) is 0 Å². The molecule has 0 bridgehead atoms. The second-order valence-corrected chi connectivity index (χ2v) is 8.84. The van der Waals surface area contributed by atoms with Crippen molar-refractivity contribution >= 4 is 5.91 Å². The summed E-state index contributed by atoms with van der Waals surface area (Å²) >= 11 is 0. The first-order valence-electron chi connectivity index (χ1n) is 11.7. The van der Waals surface area contributed by atoms with Crippen LogP contribution >= 0.6 is 0 Å². The van der Waals surface area contributed by atoms with Gasteiger partial charge in [-0.3, -0.25) is 4.79 Å². The highest BCUT2D eigenvalue weighted by Gasteiger charge is 2.29. The molecule has 30 heavy (non-hydrogen) atoms. The third-order valence-electron chi connectivity index (χ3n) is 6.11. The molecule has 2 aliphatic heterocycles. The standard InChI is InChI=1S/C24H38N2O4/c1-3-4-5-6-7-8-23(27)25-20(17-26-12-11-18(2)16-26)24(28)19-9-10-21-22(15-19)30-14-13-29-21/h9-10,15,18,20,24,28H,3-8,11-14,16-17H2,1-2H3,(H,25,27)/t18-,20-,24?/m1/s1. The quantitative estimate of drug-likeness (QED) is 0.537. The molecule has 2 aliphatic rings. The van der Waals surface area contributed by atoms with Crippen molar-refractivity contribution in [1.82, 2.24) is 10.2 Å². The Labute approximate surface area is 180 Å². The first-order chi connectivity index (χ1) is 14.6. The number of amides is 1. The van der Waals surface area contributed by atoms with Gasteiger partial charge >= 0.3 is 0 Å². The molecule has 0 aromatic heterocycles. The summed E-state index contributed by atoms with van der Waals surface area (Å²) in [5.74, 6) is 2.05. The SMILES string of the molecule is CCCCCCCC(=O)N[C@H](CN1CC[C@@H](C)C1)C(O)c1ccc2c(c1)OCCO2. The van der Waals surface area contributed by atoms with E-state index in [2.05, 4.69) is 24.1 Å². The number of nitrogens with one attached hydrogen (secondary N) is 1. The molecule has 1 amide bonds. The molecule has 3 atom stereocenters. The molecule has 6 nitrogen and oxygen atoms in total. The minimum Gasteiger partial charge on any atom is -0.486 e. The molecule has 1 aromatic carbocycles. The average Bonchev–Trinajstić information content (AvgIpc) is 3.17. The number of carbonyl (C=O) groups is 1. The zero-order chi connectivity index (χ0) is 21.3. The normalized spacial score (nSPS) is 20.7. The van der Waals surface area contributed by atoms with E-state index in [0.29, 0.717) is 43.6 Å². The number of aliphatic hydroxyl groups excluding tert-OH is 1. The Morgan fingerprint density at radius 3 is 2.70 bits per heavy atom. The highest BCUT2D eigenvalue weighted by atomic mass is 16.6. The minimum atomic E-state index is -0.791. The van der Waals surface area contributed by atoms with Gasteiger partial charge < -0.3 is 24.8 Å². The fourth-order valence-corrected chi connectivity index (χ4v) is 4.34. The summed E-state index contributed by atoms with van der Waals surface area (Å²) < 4.78 is 11.3. The second-order valence-electron chi connectivity index (χ2n) is 8.84. The largest absolute Gasteiger partial charge is 0.486 e. The summed E-state index contributed by atoms with van der Waals surface area (Å²) in [5.41, 5.74) is 0.750. The van der Waals surface area contributed by atoms with Gasteiger partial charge in [-0.15, -0.1) is 0 Å². The van der Waals surface area contributed by atoms with Crippen LogP contribution in [0.2, 0.25) is 0 Å². The maximum Gasteiger partial charge on any atom is 0.220 e. The number of benzene rings is 1. The van der Waals surface area contributed by atoms with Gasteiger partial charge in [-0.1, -0.05) is 45.6 Å². The van der Waals surface area contributed by atoms with Crippen LogP contribution in [-0.4, -0.2) is 54.8 Å². The van der Waals surface area contributed by atoms with Gasteiger partial charge in [-0.05, 0) is 43.0 Å². The Morgan fingerprint density at radius 1 is 1.20 bits per heavy atom. The van der Waals surface area contributed by atoms with Crippen molar-refractivity contribution in [3.63, 3.8) is 0 Å². The van der Waals surface area contributed by atoms with Crippen molar-refractivity contribution in [3.05, 3.63) is 23.8 Å². The molecule has 1 unspecified atom stereocenters. The zero-order valence-electron chi connectivity index (χ0n) is 18.6. The van der Waals surface area contributed by atoms with Crippen LogP contribution in [0.5, 0.6) is 11.5 Å². The first-order valence-corrected chi connectivity index (χ1v) is 11.7. The number of rotatable bonds is 11. The maximum atomic E-state index is 12.6. The Bertz CT molecular complexity index is 681. The van der Waals surface area contributed by atoms with Crippen molar-refractivity contribution < 1.29 is 19.4 Å². The number of fused-ring (bicyclic) bond motifs is 1. The molecular formula is C24H38N2O4. The van der Waals surface area contributed by atoms with Gasteiger partial charge in [0.25, 0.3) is 0 Å². The van der Waals surface area contributed by atoms with Crippen LogP contribution in [0.4, 0.5) is 0 Å². The Morgan fingerprint density at radius 2 is 1.97 bits per heavy atom. The lowest BCUT2D eigenvalue weighted by Gasteiger charge is -2.29. The number of ether oxygens (including phenoxy) is 2. The van der Waals surface area contributed by atoms with Crippen LogP contribution < -0.4 is 14.8 Å². The fourth-order valence-electron chi connectivity index (χ4n) is 4.34. The van der Waals surface area contributed by atoms with Gasteiger partial charge in [-0.25, -0.2) is 0 Å². The minimum absolute atomic E-state index is 0.0281. The monoisotopic (exact) mass is 418 g/mol. The highest BCUT2D eigenvalue weighted by molar-refractivity contribution is 5.76. The summed E-state index contributed by atoms with van der Waals surface area (Å²) in [5, 5.41) is 14.3. The molecule has 6 heteroatoms. The Kier molecular flexibility index (Phi) is 8.82. The van der Waals surface area contributed by atoms with E-state index in [9.17, 15) is 9.90 Å². The van der Waals surface area contributed by atoms with E-state index >= 15 is 0 Å². The summed E-state index contributed by atoms with van der Waals surface area (Å²) in [6, 6.07) is 5.21. The first kappa shape index (κ1) is 22.9. The molecule has 2 heterocycles. The van der Waals surface area contributed by atoms with E-state index in [1.807, 2.05) is 18.2 Å². The van der Waals surface area contributed by atoms with Crippen molar-refractivity contribution in [1.29, 1.82) is 0 Å². The van der Waals surface area contributed by atoms with Gasteiger partial charge in [0, 0.05) is 19.5 Å². The van der Waals surface area contributed by atoms with Crippen molar-refractivity contribution in [2.75, 3.05) is 32.8 Å². The average molecular weight is 419 g/mol. The lowest BCUT2D eigenvalue weighted by atomic mass is 10.0. The predicted octanol–water partition coefficient (Wildman–Crippen LogP) is 3.68. The van der Waals surface area contributed by atoms with Gasteiger partial charge in [0.2, 0.25) is 5.91 Å². The number of hydrogen-bond acceptors (Lipinski definition) is 5. The summed E-state index contributed by atoms with van der Waals surface area (Å²) in [6.45, 7) is 8.17. The van der Waals surface area contributed by atoms with Crippen LogP contribution in [0.25, 0.3) is 0 Å². The number of unbranched alkanes of at least 4 members (excludes halogenated alkanes) is 4. The van der Waals surface area contributed by atoms with Gasteiger partial charge in [0.1, 0.15) is 19.3 Å². The molecule has 0 saturated carbocycles. The molecular weight excluding hydrogens is 380 g/mol. The molecule has 1 aromatic rings. The lowest BCUT2D eigenvalue weighted by Crippen LogP contribution is -2.46. The number of aliphatic hydroxyl groups is 1. The summed E-state index contributed by atoms with van der Waals surface area (Å²) in [7, 11) is 0. The summed E-state index contributed by atoms with van der Waals surface area (Å²) in [6.07, 6.45) is 6.48. The maximum absolute atomic E-state index is 12.6. The molecule has 1 saturated heterocycles. The highest BCUT2D eigenvalue weighted by Crippen LogP contribution is 2.33. The molecule has 168 valence electrons. The van der Waals surface area contributed by atoms with E-state index in [1.54, 1.807) is 0 Å². The van der Waals surface area contributed by atoms with E-state index < -0.39 is 6.10 Å². The van der Waals surface area contributed by atoms with Crippen LogP contribution in [0.1, 0.15) is 70.5 Å². The number of nitrogens with zero attached hydrogens (tertiary/aromatic N) is 1. The predicted molar refractivity (Wildman–Crippen MR) is 118 cm³/mol. The fraction of sp³-hybridized carbons (Fsp3) is 0.708. The molecule has 0 aliphatic carbocycles. The molecule has 3 rings (SSSR count). The van der Waals surface area contributed by atoms with E-state index in [-0.39, 0.29) is 11.9 Å². The summed E-state index contributed by atoms with van der Waals surface area (Å²) in [4.78, 5) is 15.0. The van der Waals surface area contributed by atoms with Crippen LogP contribution in [0, 0.1) is 5.92 Å². The third-order valence-corrected chi connectivity index (χ3v) is 6.11. The Balaban J connectivity index is 1.63. The lowest BCUT2D eigenvalue weighted by molar-refractivity contribution is -0.123. The van der Waals surface area contributed by atoms with Crippen molar-refractivity contribution in [2.45, 2.75) is 70.9 Å². The van der Waals surface area contributed by atoms with Crippen LogP contribution in [-0.2, 0) is 4.79 Å². The zero-order valence-corrected chi connectivity index (χ0v) is 18.6. The van der Waals surface area contributed by atoms with Crippen molar-refractivity contribution in [2.24, 2.45) is 5.92 Å². The van der Waals surface area contributed by atoms with E-state index in [0.717, 1.165) is 37.9 Å². The third kappa shape index (κ3) is 6.61. The van der Waals surface area contributed by atoms with E-state index in [1.165, 1.54) is 19.3 Å². The molecule has 0 spiro atoms. The number of likely N-dealkylation sites (tertiary alicyclic amines) is 1. The topological polar surface area (TPSA) is 71.0 Å². The molecule has 2 N–H and O–H groups in total. The Hall–Kier alpha value is -1.79. The van der Waals surface area contributed by atoms with Crippen molar-refractivity contribution in [3.8, 4) is 11.5 Å².